The van der Waals surface area contributed by atoms with E-state index in [4.69, 9.17) is 0 Å². The van der Waals surface area contributed by atoms with E-state index in [9.17, 15) is 24.6 Å². The largest absolute Gasteiger partial charge is 0.480 e. The molecule has 3 heterocycles. The molecule has 3 rings (SSSR count). The van der Waals surface area contributed by atoms with E-state index in [2.05, 4.69) is 15.6 Å². The van der Waals surface area contributed by atoms with Crippen molar-refractivity contribution < 1.29 is 24.6 Å². The maximum absolute atomic E-state index is 12.9. The van der Waals surface area contributed by atoms with E-state index in [1.54, 1.807) is 24.4 Å². The fraction of sp³-hybridized carbons (Fsp3) is 0.467. The molecule has 0 aliphatic carbocycles. The lowest BCUT2D eigenvalue weighted by molar-refractivity contribution is -0.175. The van der Waals surface area contributed by atoms with Crippen LogP contribution in [0.4, 0.5) is 0 Å². The van der Waals surface area contributed by atoms with E-state index in [0.29, 0.717) is 5.69 Å². The molecule has 8 heteroatoms. The summed E-state index contributed by atoms with van der Waals surface area (Å²) in [6.07, 6.45) is 1.82. The zero-order valence-electron chi connectivity index (χ0n) is 12.3. The third-order valence-electron chi connectivity index (χ3n) is 4.85. The Hall–Kier alpha value is -2.32. The number of pyridine rings is 1. The lowest BCUT2D eigenvalue weighted by Gasteiger charge is -2.50. The van der Waals surface area contributed by atoms with Crippen LogP contribution < -0.4 is 10.6 Å². The van der Waals surface area contributed by atoms with Crippen molar-refractivity contribution in [2.45, 2.75) is 12.5 Å². The summed E-state index contributed by atoms with van der Waals surface area (Å²) in [6.45, 7) is -0.263. The molecule has 0 amide bonds. The van der Waals surface area contributed by atoms with Gasteiger partial charge in [-0.05, 0) is 12.1 Å². The summed E-state index contributed by atoms with van der Waals surface area (Å²) < 4.78 is 0. The molecule has 8 nitrogen and oxygen atoms in total. The molecule has 2 aliphatic heterocycles. The van der Waals surface area contributed by atoms with Crippen LogP contribution in [0, 0.1) is 10.8 Å². The summed E-state index contributed by atoms with van der Waals surface area (Å²) in [6, 6.07) is 4.55. The number of carboxylic acids is 2. The number of ketones is 1. The third kappa shape index (κ3) is 2.13. The van der Waals surface area contributed by atoms with Crippen LogP contribution in [-0.4, -0.2) is 58.6 Å². The highest BCUT2D eigenvalue weighted by Gasteiger charge is 2.67. The number of hydrogen-bond acceptors (Lipinski definition) is 6. The Morgan fingerprint density at radius 2 is 2.00 bits per heavy atom. The van der Waals surface area contributed by atoms with Gasteiger partial charge in [0, 0.05) is 44.0 Å². The maximum atomic E-state index is 12.9. The van der Waals surface area contributed by atoms with Gasteiger partial charge in [0.1, 0.15) is 0 Å². The van der Waals surface area contributed by atoms with Gasteiger partial charge in [0.2, 0.25) is 0 Å². The van der Waals surface area contributed by atoms with Crippen molar-refractivity contribution >= 4 is 17.7 Å². The number of piperidine rings is 2. The van der Waals surface area contributed by atoms with Gasteiger partial charge in [-0.3, -0.25) is 19.4 Å². The highest BCUT2D eigenvalue weighted by atomic mass is 16.4. The Kier molecular flexibility index (Phi) is 3.65. The van der Waals surface area contributed by atoms with Gasteiger partial charge in [-0.15, -0.1) is 0 Å². The van der Waals surface area contributed by atoms with Crippen molar-refractivity contribution in [3.8, 4) is 0 Å². The number of nitrogens with zero attached hydrogens (tertiary/aromatic N) is 1. The number of carbonyl (C=O) groups is 3. The van der Waals surface area contributed by atoms with E-state index in [0.717, 1.165) is 0 Å². The predicted octanol–water partition coefficient (Wildman–Crippen LogP) is -1.09. The van der Waals surface area contributed by atoms with E-state index < -0.39 is 34.6 Å². The first-order valence-corrected chi connectivity index (χ1v) is 7.29. The second kappa shape index (κ2) is 5.39. The summed E-state index contributed by atoms with van der Waals surface area (Å²) in [5, 5.41) is 25.0. The van der Waals surface area contributed by atoms with Crippen molar-refractivity contribution in [1.29, 1.82) is 0 Å². The number of Topliss-reactive ketones (excluding diaryl/α,β-unsaturated/α-hetero) is 1. The summed E-state index contributed by atoms with van der Waals surface area (Å²) in [4.78, 5) is 40.6. The number of rotatable bonds is 4. The SMILES string of the molecule is O=C(O)C12CNCC(C(=O)O)(C1=O)C(Cc1ccccn1)NC2. The van der Waals surface area contributed by atoms with Crippen LogP contribution in [0.1, 0.15) is 5.69 Å². The van der Waals surface area contributed by atoms with E-state index in [1.807, 2.05) is 0 Å². The molecule has 2 bridgehead atoms. The van der Waals surface area contributed by atoms with Gasteiger partial charge in [-0.1, -0.05) is 6.07 Å². The van der Waals surface area contributed by atoms with Gasteiger partial charge in [0.25, 0.3) is 0 Å². The van der Waals surface area contributed by atoms with E-state index in [1.165, 1.54) is 0 Å². The molecule has 0 saturated carbocycles. The second-order valence-corrected chi connectivity index (χ2v) is 6.06. The van der Waals surface area contributed by atoms with Crippen molar-refractivity contribution in [2.24, 2.45) is 10.8 Å². The molecular weight excluding hydrogens is 302 g/mol. The number of aliphatic carboxylic acids is 2. The minimum Gasteiger partial charge on any atom is -0.480 e. The summed E-state index contributed by atoms with van der Waals surface area (Å²) in [7, 11) is 0. The topological polar surface area (TPSA) is 129 Å². The summed E-state index contributed by atoms with van der Waals surface area (Å²) in [5.74, 6) is -3.35. The Bertz CT molecular complexity index is 664. The first-order valence-electron chi connectivity index (χ1n) is 7.29. The van der Waals surface area contributed by atoms with Crippen LogP contribution in [-0.2, 0) is 20.8 Å². The monoisotopic (exact) mass is 319 g/mol. The molecule has 2 saturated heterocycles. The number of nitrogens with one attached hydrogen (secondary N) is 2. The van der Waals surface area contributed by atoms with E-state index >= 15 is 0 Å². The predicted molar refractivity (Wildman–Crippen MR) is 77.7 cm³/mol. The van der Waals surface area contributed by atoms with Gasteiger partial charge in [-0.25, -0.2) is 0 Å². The smallest absolute Gasteiger partial charge is 0.320 e. The molecule has 0 spiro atoms. The maximum Gasteiger partial charge on any atom is 0.320 e. The van der Waals surface area contributed by atoms with Gasteiger partial charge in [0.15, 0.2) is 16.6 Å². The van der Waals surface area contributed by atoms with Crippen LogP contribution in [0.2, 0.25) is 0 Å². The van der Waals surface area contributed by atoms with Crippen LogP contribution in [0.5, 0.6) is 0 Å². The minimum atomic E-state index is -1.81. The molecule has 2 aliphatic rings. The quantitative estimate of drug-likeness (QED) is 0.515. The number of aromatic nitrogens is 1. The summed E-state index contributed by atoms with van der Waals surface area (Å²) >= 11 is 0. The van der Waals surface area contributed by atoms with Gasteiger partial charge in [0.05, 0.1) is 0 Å². The normalized spacial score (nSPS) is 33.2. The first-order chi connectivity index (χ1) is 10.9. The fourth-order valence-corrected chi connectivity index (χ4v) is 3.50. The van der Waals surface area contributed by atoms with Crippen LogP contribution in [0.3, 0.4) is 0 Å². The Morgan fingerprint density at radius 1 is 1.22 bits per heavy atom. The molecule has 3 atom stereocenters. The highest BCUT2D eigenvalue weighted by Crippen LogP contribution is 2.41. The Balaban J connectivity index is 2.01. The molecule has 4 N–H and O–H groups in total. The fourth-order valence-electron chi connectivity index (χ4n) is 3.50. The summed E-state index contributed by atoms with van der Waals surface area (Å²) in [5.41, 5.74) is -2.91. The Morgan fingerprint density at radius 3 is 2.61 bits per heavy atom. The molecule has 3 unspecified atom stereocenters. The second-order valence-electron chi connectivity index (χ2n) is 6.06. The van der Waals surface area contributed by atoms with Crippen molar-refractivity contribution in [1.82, 2.24) is 15.6 Å². The number of carboxylic acid groups (broad SMARTS) is 2. The molecule has 122 valence electrons. The van der Waals surface area contributed by atoms with Crippen molar-refractivity contribution in [3.05, 3.63) is 30.1 Å². The van der Waals surface area contributed by atoms with Crippen LogP contribution in [0.15, 0.2) is 24.4 Å². The number of hydrogen-bond donors (Lipinski definition) is 4. The lowest BCUT2D eigenvalue weighted by atomic mass is 9.59. The zero-order chi connectivity index (χ0) is 16.7. The molecule has 2 fully saturated rings. The highest BCUT2D eigenvalue weighted by molar-refractivity contribution is 6.16. The van der Waals surface area contributed by atoms with Crippen molar-refractivity contribution in [3.63, 3.8) is 0 Å². The molecule has 1 aromatic heterocycles. The molecular formula is C15H17N3O5. The number of carbonyl (C=O) groups excluding carboxylic acids is 1. The molecule has 23 heavy (non-hydrogen) atoms. The van der Waals surface area contributed by atoms with Gasteiger partial charge >= 0.3 is 11.9 Å². The Labute approximate surface area is 131 Å². The minimum absolute atomic E-state index is 0.0699. The molecule has 0 aromatic carbocycles. The third-order valence-corrected chi connectivity index (χ3v) is 4.85. The van der Waals surface area contributed by atoms with Crippen LogP contribution in [0.25, 0.3) is 0 Å². The first kappa shape index (κ1) is 15.6. The van der Waals surface area contributed by atoms with E-state index in [-0.39, 0.29) is 26.1 Å². The average Bonchev–Trinajstić information content (AvgIpc) is 2.51. The van der Waals surface area contributed by atoms with Gasteiger partial charge in [-0.2, -0.15) is 0 Å². The van der Waals surface area contributed by atoms with Crippen molar-refractivity contribution in [2.75, 3.05) is 19.6 Å². The van der Waals surface area contributed by atoms with Crippen LogP contribution >= 0.6 is 0 Å². The average molecular weight is 319 g/mol. The zero-order valence-corrected chi connectivity index (χ0v) is 12.3. The molecule has 1 aromatic rings. The molecule has 0 radical (unpaired) electrons. The van der Waals surface area contributed by atoms with Gasteiger partial charge < -0.3 is 20.8 Å². The number of fused-ring (bicyclic) bond motifs is 2. The standard InChI is InChI=1S/C15H17N3O5/c19-11-14(12(20)21)6-16-8-15(11,13(22)23)10(18-7-14)5-9-3-1-2-4-17-9/h1-4,10,16,18H,5-8H2,(H,20,21)(H,22,23). The lowest BCUT2D eigenvalue weighted by Crippen LogP contribution is -2.77.